The first kappa shape index (κ1) is 20.1. The summed E-state index contributed by atoms with van der Waals surface area (Å²) in [6.07, 6.45) is 9.40. The van der Waals surface area contributed by atoms with Crippen LogP contribution in [0.25, 0.3) is 0 Å². The van der Waals surface area contributed by atoms with Crippen molar-refractivity contribution in [2.24, 2.45) is 0 Å². The quantitative estimate of drug-likeness (QED) is 0.425. The molecule has 3 heterocycles. The Morgan fingerprint density at radius 2 is 1.70 bits per heavy atom. The van der Waals surface area contributed by atoms with Crippen molar-refractivity contribution in [2.45, 2.75) is 26.6 Å². The molecule has 30 heavy (non-hydrogen) atoms. The van der Waals surface area contributed by atoms with Crippen molar-refractivity contribution in [1.29, 1.82) is 0 Å². The third kappa shape index (κ3) is 5.25. The van der Waals surface area contributed by atoms with Gasteiger partial charge in [0.2, 0.25) is 0 Å². The number of rotatable bonds is 7. The van der Waals surface area contributed by atoms with Gasteiger partial charge in [-0.05, 0) is 36.8 Å². The molecule has 0 bridgehead atoms. The van der Waals surface area contributed by atoms with Gasteiger partial charge in [0, 0.05) is 41.8 Å². The number of thiocarbonyl (C=S) groups is 1. The highest BCUT2D eigenvalue weighted by molar-refractivity contribution is 7.80. The van der Waals surface area contributed by atoms with Crippen molar-refractivity contribution in [3.05, 3.63) is 77.5 Å². The van der Waals surface area contributed by atoms with E-state index in [4.69, 9.17) is 23.8 Å². The molecule has 0 unspecified atom stereocenters. The molecule has 0 radical (unpaired) electrons. The van der Waals surface area contributed by atoms with Crippen LogP contribution in [0.15, 0.2) is 61.3 Å². The maximum Gasteiger partial charge on any atom is 0.176 e. The molecule has 2 N–H and O–H groups in total. The average molecular weight is 441 g/mol. The fourth-order valence-corrected chi connectivity index (χ4v) is 3.28. The molecule has 4 rings (SSSR count). The fourth-order valence-electron chi connectivity index (χ4n) is 2.93. The van der Waals surface area contributed by atoms with Gasteiger partial charge in [0.1, 0.15) is 0 Å². The Balaban J connectivity index is 1.30. The first-order valence-corrected chi connectivity index (χ1v) is 10.3. The number of anilines is 2. The standard InChI is InChI=1S/C20H21ClN8S/c1-2-27-12-16(9-22-27)13-29-14-18(10-23-29)24-20(30)25-19-7-8-28(26-19)11-15-3-5-17(21)6-4-15/h3-10,12,14H,2,11,13H2,1H3,(H2,24,25,26,30). The number of nitrogens with zero attached hydrogens (tertiary/aromatic N) is 6. The molecule has 0 aliphatic carbocycles. The molecular weight excluding hydrogens is 420 g/mol. The van der Waals surface area contributed by atoms with Crippen molar-refractivity contribution in [1.82, 2.24) is 29.3 Å². The summed E-state index contributed by atoms with van der Waals surface area (Å²) in [4.78, 5) is 0. The fraction of sp³-hybridized carbons (Fsp3) is 0.200. The van der Waals surface area contributed by atoms with Crippen LogP contribution >= 0.6 is 23.8 Å². The van der Waals surface area contributed by atoms with Crippen molar-refractivity contribution < 1.29 is 0 Å². The normalized spacial score (nSPS) is 10.9. The van der Waals surface area contributed by atoms with Crippen LogP contribution in [-0.2, 0) is 19.6 Å². The van der Waals surface area contributed by atoms with Crippen molar-refractivity contribution in [3.63, 3.8) is 0 Å². The van der Waals surface area contributed by atoms with Gasteiger partial charge >= 0.3 is 0 Å². The summed E-state index contributed by atoms with van der Waals surface area (Å²) in [5.41, 5.74) is 3.01. The summed E-state index contributed by atoms with van der Waals surface area (Å²) >= 11 is 11.3. The molecule has 0 aliphatic rings. The SMILES string of the molecule is CCn1cc(Cn2cc(NC(=S)Nc3ccn(Cc4ccc(Cl)cc4)n3)cn2)cn1. The molecule has 0 atom stereocenters. The molecule has 3 aromatic heterocycles. The Labute approximate surface area is 184 Å². The number of hydrogen-bond donors (Lipinski definition) is 2. The number of aryl methyl sites for hydroxylation is 1. The summed E-state index contributed by atoms with van der Waals surface area (Å²) in [5.74, 6) is 0.667. The molecule has 1 aromatic carbocycles. The van der Waals surface area contributed by atoms with Crippen LogP contribution in [0.1, 0.15) is 18.1 Å². The first-order valence-electron chi connectivity index (χ1n) is 9.47. The molecule has 0 fully saturated rings. The number of aromatic nitrogens is 6. The van der Waals surface area contributed by atoms with Crippen LogP contribution < -0.4 is 10.6 Å². The van der Waals surface area contributed by atoms with E-state index in [2.05, 4.69) is 32.9 Å². The van der Waals surface area contributed by atoms with Crippen LogP contribution in [0.5, 0.6) is 0 Å². The molecular formula is C20H21ClN8S. The number of nitrogens with one attached hydrogen (secondary N) is 2. The second-order valence-corrected chi connectivity index (χ2v) is 7.58. The van der Waals surface area contributed by atoms with Crippen LogP contribution in [0, 0.1) is 0 Å². The minimum absolute atomic E-state index is 0.449. The van der Waals surface area contributed by atoms with E-state index >= 15 is 0 Å². The van der Waals surface area contributed by atoms with Crippen molar-refractivity contribution in [3.8, 4) is 0 Å². The lowest BCUT2D eigenvalue weighted by Gasteiger charge is -2.06. The minimum Gasteiger partial charge on any atom is -0.330 e. The lowest BCUT2D eigenvalue weighted by molar-refractivity contribution is 0.654. The maximum absolute atomic E-state index is 5.93. The summed E-state index contributed by atoms with van der Waals surface area (Å²) in [6.45, 7) is 4.21. The van der Waals surface area contributed by atoms with E-state index in [-0.39, 0.29) is 0 Å². The first-order chi connectivity index (χ1) is 14.6. The van der Waals surface area contributed by atoms with Gasteiger partial charge in [-0.15, -0.1) is 0 Å². The van der Waals surface area contributed by atoms with Crippen molar-refractivity contribution in [2.75, 3.05) is 10.6 Å². The monoisotopic (exact) mass is 440 g/mol. The molecule has 0 amide bonds. The van der Waals surface area contributed by atoms with Crippen molar-refractivity contribution >= 4 is 40.4 Å². The predicted molar refractivity (Wildman–Crippen MR) is 122 cm³/mol. The lowest BCUT2D eigenvalue weighted by atomic mass is 10.2. The molecule has 154 valence electrons. The summed E-state index contributed by atoms with van der Waals surface area (Å²) in [5, 5.41) is 20.5. The van der Waals surface area contributed by atoms with E-state index in [9.17, 15) is 0 Å². The lowest BCUT2D eigenvalue weighted by Crippen LogP contribution is -2.19. The second kappa shape index (κ2) is 9.10. The van der Waals surface area contributed by atoms with E-state index in [0.29, 0.717) is 24.0 Å². The number of halogens is 1. The van der Waals surface area contributed by atoms with Gasteiger partial charge in [-0.25, -0.2) is 0 Å². The molecule has 4 aromatic rings. The smallest absolute Gasteiger partial charge is 0.176 e. The Kier molecular flexibility index (Phi) is 6.10. The average Bonchev–Trinajstić information content (AvgIpc) is 3.46. The third-order valence-corrected chi connectivity index (χ3v) is 4.84. The highest BCUT2D eigenvalue weighted by atomic mass is 35.5. The number of hydrogen-bond acceptors (Lipinski definition) is 4. The molecule has 0 saturated carbocycles. The van der Waals surface area contributed by atoms with E-state index < -0.39 is 0 Å². The summed E-state index contributed by atoms with van der Waals surface area (Å²) in [6, 6.07) is 9.57. The zero-order valence-corrected chi connectivity index (χ0v) is 17.9. The van der Waals surface area contributed by atoms with Crippen LogP contribution in [0.2, 0.25) is 5.02 Å². The highest BCUT2D eigenvalue weighted by Crippen LogP contribution is 2.12. The van der Waals surface area contributed by atoms with E-state index in [1.54, 1.807) is 6.20 Å². The van der Waals surface area contributed by atoms with Gasteiger partial charge in [-0.1, -0.05) is 23.7 Å². The van der Waals surface area contributed by atoms with Crippen LogP contribution in [0.3, 0.4) is 0 Å². The third-order valence-electron chi connectivity index (χ3n) is 4.39. The van der Waals surface area contributed by atoms with E-state index in [1.807, 2.05) is 69.2 Å². The van der Waals surface area contributed by atoms with Gasteiger partial charge in [-0.2, -0.15) is 15.3 Å². The Bertz CT molecular complexity index is 1130. The van der Waals surface area contributed by atoms with Gasteiger partial charge in [0.25, 0.3) is 0 Å². The molecule has 0 aliphatic heterocycles. The van der Waals surface area contributed by atoms with Gasteiger partial charge in [0.15, 0.2) is 10.9 Å². The summed E-state index contributed by atoms with van der Waals surface area (Å²) < 4.78 is 5.56. The molecule has 10 heteroatoms. The zero-order chi connectivity index (χ0) is 20.9. The Morgan fingerprint density at radius 1 is 0.933 bits per heavy atom. The zero-order valence-electron chi connectivity index (χ0n) is 16.4. The van der Waals surface area contributed by atoms with Gasteiger partial charge < -0.3 is 10.6 Å². The number of benzene rings is 1. The topological polar surface area (TPSA) is 77.5 Å². The summed E-state index contributed by atoms with van der Waals surface area (Å²) in [7, 11) is 0. The van der Waals surface area contributed by atoms with Crippen LogP contribution in [0.4, 0.5) is 11.5 Å². The van der Waals surface area contributed by atoms with Gasteiger partial charge in [-0.3, -0.25) is 14.0 Å². The van der Waals surface area contributed by atoms with Gasteiger partial charge in [0.05, 0.1) is 31.2 Å². The molecule has 0 saturated heterocycles. The Morgan fingerprint density at radius 3 is 2.47 bits per heavy atom. The Hall–Kier alpha value is -3.17. The maximum atomic E-state index is 5.93. The van der Waals surface area contributed by atoms with Crippen LogP contribution in [-0.4, -0.2) is 34.5 Å². The predicted octanol–water partition coefficient (Wildman–Crippen LogP) is 3.85. The molecule has 8 nitrogen and oxygen atoms in total. The second-order valence-electron chi connectivity index (χ2n) is 6.74. The van der Waals surface area contributed by atoms with E-state index in [1.165, 1.54) is 0 Å². The largest absolute Gasteiger partial charge is 0.330 e. The van der Waals surface area contributed by atoms with E-state index in [0.717, 1.165) is 28.4 Å². The minimum atomic E-state index is 0.449. The highest BCUT2D eigenvalue weighted by Gasteiger charge is 2.06. The molecule has 0 spiro atoms.